The van der Waals surface area contributed by atoms with Gasteiger partial charge in [0, 0.05) is 25.7 Å². The van der Waals surface area contributed by atoms with Crippen LogP contribution in [0, 0.1) is 5.92 Å². The third-order valence-corrected chi connectivity index (χ3v) is 5.31. The molecule has 26 heavy (non-hydrogen) atoms. The summed E-state index contributed by atoms with van der Waals surface area (Å²) in [6, 6.07) is 15.9. The lowest BCUT2D eigenvalue weighted by molar-refractivity contribution is -0.126. The Morgan fingerprint density at radius 3 is 2.69 bits per heavy atom. The molecule has 0 radical (unpaired) electrons. The molecule has 5 nitrogen and oxygen atoms in total. The minimum Gasteiger partial charge on any atom is -0.312 e. The molecule has 1 aliphatic heterocycles. The highest BCUT2D eigenvalue weighted by Crippen LogP contribution is 2.30. The van der Waals surface area contributed by atoms with Gasteiger partial charge in [0.2, 0.25) is 11.8 Å². The highest BCUT2D eigenvalue weighted by molar-refractivity contribution is 6.00. The predicted molar refractivity (Wildman–Crippen MR) is 102 cm³/mol. The first kappa shape index (κ1) is 16.6. The molecule has 0 bridgehead atoms. The first-order valence-corrected chi connectivity index (χ1v) is 9.13. The molecule has 1 fully saturated rings. The van der Waals surface area contributed by atoms with E-state index in [-0.39, 0.29) is 24.2 Å². The number of anilines is 2. The van der Waals surface area contributed by atoms with E-state index in [2.05, 4.69) is 17.6 Å². The summed E-state index contributed by atoms with van der Waals surface area (Å²) in [6.07, 6.45) is 3.65. The Hall–Kier alpha value is -2.82. The zero-order valence-electron chi connectivity index (χ0n) is 14.9. The number of carbonyl (C=O) groups is 2. The van der Waals surface area contributed by atoms with Crippen molar-refractivity contribution in [3.05, 3.63) is 59.7 Å². The zero-order chi connectivity index (χ0) is 18.1. The lowest BCUT2D eigenvalue weighted by Gasteiger charge is -2.22. The number of hydrogen-bond donors (Lipinski definition) is 1. The number of para-hydroxylation sites is 1. The second-order valence-corrected chi connectivity index (χ2v) is 7.08. The number of fused-ring (bicyclic) bond motifs is 1. The third kappa shape index (κ3) is 3.17. The third-order valence-electron chi connectivity index (χ3n) is 5.31. The summed E-state index contributed by atoms with van der Waals surface area (Å²) in [6.45, 7) is 0.437. The van der Waals surface area contributed by atoms with Crippen LogP contribution in [0.1, 0.15) is 24.0 Å². The summed E-state index contributed by atoms with van der Waals surface area (Å²) in [7, 11) is 1.81. The van der Waals surface area contributed by atoms with Gasteiger partial charge in [0.15, 0.2) is 0 Å². The van der Waals surface area contributed by atoms with Gasteiger partial charge in [-0.15, -0.1) is 0 Å². The van der Waals surface area contributed by atoms with Crippen molar-refractivity contribution in [2.45, 2.75) is 25.7 Å². The first-order valence-electron chi connectivity index (χ1n) is 9.13. The minimum atomic E-state index is -0.332. The van der Waals surface area contributed by atoms with Crippen molar-refractivity contribution in [2.75, 3.05) is 23.5 Å². The van der Waals surface area contributed by atoms with Gasteiger partial charge in [-0.25, -0.2) is 0 Å². The van der Waals surface area contributed by atoms with E-state index in [1.165, 1.54) is 17.5 Å². The average molecular weight is 349 g/mol. The van der Waals surface area contributed by atoms with E-state index < -0.39 is 0 Å². The van der Waals surface area contributed by atoms with Gasteiger partial charge in [-0.3, -0.25) is 20.0 Å². The van der Waals surface area contributed by atoms with Crippen molar-refractivity contribution < 1.29 is 9.59 Å². The van der Waals surface area contributed by atoms with E-state index in [0.29, 0.717) is 6.54 Å². The molecule has 0 saturated carbocycles. The maximum absolute atomic E-state index is 12.6. The van der Waals surface area contributed by atoms with Crippen LogP contribution in [0.3, 0.4) is 0 Å². The Balaban J connectivity index is 1.43. The van der Waals surface area contributed by atoms with E-state index in [1.807, 2.05) is 43.4 Å². The van der Waals surface area contributed by atoms with Crippen LogP contribution in [0.2, 0.25) is 0 Å². The van der Waals surface area contributed by atoms with Gasteiger partial charge in [0.25, 0.3) is 0 Å². The Morgan fingerprint density at radius 1 is 1.12 bits per heavy atom. The molecular formula is C21H23N3O2. The van der Waals surface area contributed by atoms with Crippen LogP contribution in [0.5, 0.6) is 0 Å². The number of rotatable bonds is 4. The van der Waals surface area contributed by atoms with Crippen LogP contribution in [0.25, 0.3) is 0 Å². The SMILES string of the molecule is CN(NC(=O)C1CC(=O)N(c2ccc3c(c2)CCC3)C1)c1ccccc1. The maximum Gasteiger partial charge on any atom is 0.243 e. The lowest BCUT2D eigenvalue weighted by atomic mass is 10.1. The Bertz CT molecular complexity index is 834. The summed E-state index contributed by atoms with van der Waals surface area (Å²) >= 11 is 0. The summed E-state index contributed by atoms with van der Waals surface area (Å²) in [5.74, 6) is -0.430. The number of aryl methyl sites for hydroxylation is 2. The van der Waals surface area contributed by atoms with E-state index in [0.717, 1.165) is 24.2 Å². The second-order valence-electron chi connectivity index (χ2n) is 7.08. The highest BCUT2D eigenvalue weighted by Gasteiger charge is 2.35. The van der Waals surface area contributed by atoms with Crippen molar-refractivity contribution in [3.8, 4) is 0 Å². The van der Waals surface area contributed by atoms with E-state index in [4.69, 9.17) is 0 Å². The fourth-order valence-electron chi connectivity index (χ4n) is 3.83. The topological polar surface area (TPSA) is 52.7 Å². The van der Waals surface area contributed by atoms with Crippen LogP contribution in [-0.2, 0) is 22.4 Å². The van der Waals surface area contributed by atoms with Gasteiger partial charge in [-0.1, -0.05) is 24.3 Å². The van der Waals surface area contributed by atoms with Crippen molar-refractivity contribution in [2.24, 2.45) is 5.92 Å². The molecule has 1 atom stereocenters. The molecule has 1 heterocycles. The molecule has 2 aromatic rings. The highest BCUT2D eigenvalue weighted by atomic mass is 16.2. The Kier molecular flexibility index (Phi) is 4.37. The van der Waals surface area contributed by atoms with Gasteiger partial charge in [0.1, 0.15) is 0 Å². The molecule has 2 amide bonds. The quantitative estimate of drug-likeness (QED) is 0.864. The molecule has 2 aromatic carbocycles. The van der Waals surface area contributed by atoms with Crippen LogP contribution >= 0.6 is 0 Å². The molecule has 4 rings (SSSR count). The molecule has 0 aromatic heterocycles. The van der Waals surface area contributed by atoms with E-state index in [1.54, 1.807) is 9.91 Å². The van der Waals surface area contributed by atoms with Gasteiger partial charge in [0.05, 0.1) is 11.6 Å². The van der Waals surface area contributed by atoms with Crippen LogP contribution in [0.4, 0.5) is 11.4 Å². The molecule has 1 aliphatic carbocycles. The summed E-state index contributed by atoms with van der Waals surface area (Å²) < 4.78 is 0. The second kappa shape index (κ2) is 6.83. The molecule has 0 spiro atoms. The molecular weight excluding hydrogens is 326 g/mol. The number of nitrogens with zero attached hydrogens (tertiary/aromatic N) is 2. The van der Waals surface area contributed by atoms with Gasteiger partial charge < -0.3 is 4.90 Å². The molecule has 1 N–H and O–H groups in total. The van der Waals surface area contributed by atoms with E-state index in [9.17, 15) is 9.59 Å². The van der Waals surface area contributed by atoms with E-state index >= 15 is 0 Å². The number of nitrogens with one attached hydrogen (secondary N) is 1. The normalized spacial score (nSPS) is 18.7. The standard InChI is InChI=1S/C21H23N3O2/c1-23(18-8-3-2-4-9-18)22-21(26)17-13-20(25)24(14-17)19-11-10-15-6-5-7-16(15)12-19/h2-4,8-12,17H,5-7,13-14H2,1H3,(H,22,26). The smallest absolute Gasteiger partial charge is 0.243 e. The number of hydrazine groups is 1. The zero-order valence-corrected chi connectivity index (χ0v) is 14.9. The predicted octanol–water partition coefficient (Wildman–Crippen LogP) is 2.70. The average Bonchev–Trinajstić information content (AvgIpc) is 3.28. The molecule has 1 saturated heterocycles. The van der Waals surface area contributed by atoms with Crippen LogP contribution in [-0.4, -0.2) is 25.4 Å². The Morgan fingerprint density at radius 2 is 1.88 bits per heavy atom. The van der Waals surface area contributed by atoms with Crippen LogP contribution < -0.4 is 15.3 Å². The fourth-order valence-corrected chi connectivity index (χ4v) is 3.83. The van der Waals surface area contributed by atoms with Crippen LogP contribution in [0.15, 0.2) is 48.5 Å². The van der Waals surface area contributed by atoms with Gasteiger partial charge in [-0.2, -0.15) is 0 Å². The van der Waals surface area contributed by atoms with Gasteiger partial charge in [-0.05, 0) is 54.7 Å². The van der Waals surface area contributed by atoms with Crippen molar-refractivity contribution >= 4 is 23.2 Å². The monoisotopic (exact) mass is 349 g/mol. The number of carbonyl (C=O) groups excluding carboxylic acids is 2. The maximum atomic E-state index is 12.6. The summed E-state index contributed by atoms with van der Waals surface area (Å²) in [4.78, 5) is 26.8. The fraction of sp³-hybridized carbons (Fsp3) is 0.333. The molecule has 1 unspecified atom stereocenters. The molecule has 134 valence electrons. The lowest BCUT2D eigenvalue weighted by Crippen LogP contribution is -2.43. The summed E-state index contributed by atoms with van der Waals surface area (Å²) in [5, 5.41) is 1.70. The largest absolute Gasteiger partial charge is 0.312 e. The van der Waals surface area contributed by atoms with Crippen molar-refractivity contribution in [1.82, 2.24) is 5.43 Å². The summed E-state index contributed by atoms with van der Waals surface area (Å²) in [5.41, 5.74) is 7.44. The van der Waals surface area contributed by atoms with Crippen molar-refractivity contribution in [1.29, 1.82) is 0 Å². The number of benzene rings is 2. The van der Waals surface area contributed by atoms with Crippen molar-refractivity contribution in [3.63, 3.8) is 0 Å². The number of hydrogen-bond acceptors (Lipinski definition) is 3. The number of amides is 2. The molecule has 2 aliphatic rings. The first-order chi connectivity index (χ1) is 12.6. The minimum absolute atomic E-state index is 0.0189. The molecule has 5 heteroatoms. The van der Waals surface area contributed by atoms with Gasteiger partial charge >= 0.3 is 0 Å². The Labute approximate surface area is 153 Å².